The number of carbonyl (C=O) groups is 14. The summed E-state index contributed by atoms with van der Waals surface area (Å²) in [5.41, 5.74) is 0.896. The first-order chi connectivity index (χ1) is 61.4. The van der Waals surface area contributed by atoms with Gasteiger partial charge in [-0.25, -0.2) is 12.6 Å². The van der Waals surface area contributed by atoms with Gasteiger partial charge in [-0.05, 0) is 13.3 Å². The highest BCUT2D eigenvalue weighted by Crippen LogP contribution is 2.38. The molecule has 780 valence electrons. The van der Waals surface area contributed by atoms with E-state index in [9.17, 15) is 167 Å². The van der Waals surface area contributed by atoms with Crippen molar-refractivity contribution < 1.29 is 219 Å². The van der Waals surface area contributed by atoms with Crippen LogP contribution in [-0.4, -0.2) is 409 Å². The van der Waals surface area contributed by atoms with E-state index in [1.54, 1.807) is 41.5 Å². The second-order valence-electron chi connectivity index (χ2n) is 32.5. The number of carbonyl (C=O) groups excluding carboxylic acids is 14. The van der Waals surface area contributed by atoms with E-state index in [0.717, 1.165) is 31.6 Å². The van der Waals surface area contributed by atoms with E-state index in [-0.39, 0.29) is 101 Å². The van der Waals surface area contributed by atoms with Gasteiger partial charge >= 0.3 is 10.4 Å². The van der Waals surface area contributed by atoms with Crippen molar-refractivity contribution in [3.8, 4) is 0 Å². The molecule has 4 heterocycles. The lowest BCUT2D eigenvalue weighted by Gasteiger charge is -2.45. The highest BCUT2D eigenvalue weighted by Gasteiger charge is 2.53. The van der Waals surface area contributed by atoms with E-state index in [1.807, 2.05) is 23.1 Å². The van der Waals surface area contributed by atoms with Crippen LogP contribution < -0.4 is 26.6 Å². The quantitative estimate of drug-likeness (QED) is 0.0164. The van der Waals surface area contributed by atoms with E-state index in [1.165, 1.54) is 20.8 Å². The number of rotatable bonds is 47. The monoisotopic (exact) mass is 2040 g/mol. The Bertz CT molecular complexity index is 4260. The van der Waals surface area contributed by atoms with E-state index in [0.29, 0.717) is 50.4 Å². The smallest absolute Gasteiger partial charge is 0.394 e. The standard InChI is InChI=1S/C15H26O8.C14H25NO8.C10H18O7.C9H15N3O.C7H13NO7S2.C7H13NO6S.C7H14NO4P.C6H11NO5S/c1-8(6-16)3-9(18)4-10-11(19)5-15(2,22)23-14(10)13(21)12(20)7-17;1-7(5-16)4-15-13(21)14(22)3-9(18)8(2)12(23-14)11(20)10(19)6-17;1-5-6(13)2-10(16,4-12)17-9(5)8(15)7(14)3-11;1-3-4-12-6-9(10-11-12)5-8(2)7-13;1-5(4-9)3-8-6(10)7(16(2,11)12)17(13,14)15;1-6(5-9)4-8-7(10)2-3-14-15(11,12)13;1-6(4-9)3-8-7(10)5-13(2,11)12;1-5(3-8)2-7-6(9)4-13(10,11)12/h6,8,10-14,17,19-22H,3-5,7H2,1-2H3;5,7-12,17-20,22H,3-4,6H2,1-2H3,(H,15,21);4-9,11,13-16H,2-3H2,1H3;6-8H,3-5H2,1-2H3;4-5,7H,3H2,1-2H3,(H,8,10)(H,13,14,15);5-6H,2-4H2,1H3,(H,8,10)(H,11,12,13);4,6H,3,5H2,1-2H3,(H,8,10)(H,11,12);3,5H,2,4H2,1H3,(H,7,9)(H,10,11,12). The predicted octanol–water partition coefficient (Wildman–Crippen LogP) is -10.1. The number of aromatic nitrogens is 3. The summed E-state index contributed by atoms with van der Waals surface area (Å²) in [6.45, 7) is 17.4. The van der Waals surface area contributed by atoms with Gasteiger partial charge in [0.1, 0.15) is 92.6 Å². The van der Waals surface area contributed by atoms with E-state index in [4.69, 9.17) is 48.1 Å². The number of aliphatic hydroxyl groups excluding tert-OH is 12. The number of ketones is 1. The summed E-state index contributed by atoms with van der Waals surface area (Å²) in [5.74, 6) is -16.2. The van der Waals surface area contributed by atoms with Crippen molar-refractivity contribution in [3.63, 3.8) is 0 Å². The van der Waals surface area contributed by atoms with Crippen LogP contribution in [0.25, 0.3) is 0 Å². The maximum Gasteiger partial charge on any atom is 0.397 e. The molecule has 27 unspecified atom stereocenters. The Morgan fingerprint density at radius 3 is 1.37 bits per heavy atom. The Balaban J connectivity index is -0.000000728. The molecule has 0 bridgehead atoms. The number of sulfone groups is 1. The van der Waals surface area contributed by atoms with Gasteiger partial charge in [0.05, 0.1) is 75.2 Å². The number of aliphatic hydroxyl groups is 15. The third-order valence-electron chi connectivity index (χ3n) is 18.5. The van der Waals surface area contributed by atoms with Crippen LogP contribution in [0.1, 0.15) is 127 Å². The van der Waals surface area contributed by atoms with Crippen LogP contribution in [0.3, 0.4) is 0 Å². The molecule has 4 rings (SSSR count). The molecule has 3 aliphatic heterocycles. The van der Waals surface area contributed by atoms with Gasteiger partial charge in [0.15, 0.2) is 27.7 Å². The molecule has 0 aliphatic carbocycles. The minimum Gasteiger partial charge on any atom is -0.394 e. The number of aldehydes is 8. The second kappa shape index (κ2) is 64.7. The molecule has 0 saturated carbocycles. The largest absolute Gasteiger partial charge is 0.397 e. The van der Waals surface area contributed by atoms with Crippen LogP contribution in [0.2, 0.25) is 0 Å². The number of Topliss-reactive ketones (excluding diaryl/α,β-unsaturated/α-hetero) is 1. The Morgan fingerprint density at radius 2 is 0.978 bits per heavy atom. The zero-order valence-corrected chi connectivity index (χ0v) is 80.2. The lowest BCUT2D eigenvalue weighted by atomic mass is 9.80. The Morgan fingerprint density at radius 1 is 0.575 bits per heavy atom. The molecule has 0 aromatic carbocycles. The summed E-state index contributed by atoms with van der Waals surface area (Å²) in [4.78, 5) is 160. The topological polar surface area (TPSA) is 905 Å². The highest BCUT2D eigenvalue weighted by atomic mass is 32.3. The van der Waals surface area contributed by atoms with E-state index >= 15 is 0 Å². The molecule has 5 amide bonds. The molecule has 3 saturated heterocycles. The molecule has 134 heavy (non-hydrogen) atoms. The maximum atomic E-state index is 12.1. The van der Waals surface area contributed by atoms with Crippen molar-refractivity contribution in [2.24, 2.45) is 59.2 Å². The third kappa shape index (κ3) is 57.7. The number of hydrogen-bond donors (Lipinski definition) is 24. The molecular formula is C75H135N8O46PS4. The van der Waals surface area contributed by atoms with Crippen molar-refractivity contribution in [2.45, 2.75) is 229 Å². The zero-order chi connectivity index (χ0) is 105. The van der Waals surface area contributed by atoms with Crippen LogP contribution in [0, 0.1) is 59.2 Å². The molecule has 3 aliphatic rings. The first kappa shape index (κ1) is 133. The van der Waals surface area contributed by atoms with Gasteiger partial charge in [-0.3, -0.25) is 56.5 Å². The second-order valence-corrected chi connectivity index (χ2v) is 41.4. The van der Waals surface area contributed by atoms with Gasteiger partial charge in [-0.1, -0.05) is 74.5 Å². The lowest BCUT2D eigenvalue weighted by molar-refractivity contribution is -0.303. The average Bonchev–Trinajstić information content (AvgIpc) is 0.930. The summed E-state index contributed by atoms with van der Waals surface area (Å²) in [5, 5.41) is 164. The highest BCUT2D eigenvalue weighted by molar-refractivity contribution is 8.07. The van der Waals surface area contributed by atoms with Crippen molar-refractivity contribution in [1.29, 1.82) is 0 Å². The number of hydrogen-bond acceptors (Lipinski definition) is 44. The maximum absolute atomic E-state index is 12.1. The summed E-state index contributed by atoms with van der Waals surface area (Å²) >= 11 is 0. The van der Waals surface area contributed by atoms with Gasteiger partial charge in [0, 0.05) is 156 Å². The lowest BCUT2D eigenvalue weighted by Crippen LogP contribution is -2.62. The van der Waals surface area contributed by atoms with Crippen molar-refractivity contribution in [1.82, 2.24) is 41.6 Å². The van der Waals surface area contributed by atoms with Crippen molar-refractivity contribution in [2.75, 3.05) is 84.0 Å². The van der Waals surface area contributed by atoms with Gasteiger partial charge in [-0.15, -0.1) is 5.10 Å². The molecule has 24 N–H and O–H groups in total. The fraction of sp³-hybridized carbons (Fsp3) is 0.787. The normalized spacial score (nSPS) is 25.1. The van der Waals surface area contributed by atoms with Crippen LogP contribution >= 0.6 is 7.37 Å². The number of nitrogens with one attached hydrogen (secondary N) is 5. The Labute approximate surface area is 774 Å². The molecule has 59 heteroatoms. The molecule has 54 nitrogen and oxygen atoms in total. The summed E-state index contributed by atoms with van der Waals surface area (Å²) < 4.78 is 139. The first-order valence-corrected chi connectivity index (χ1v) is 49.7. The fourth-order valence-electron chi connectivity index (χ4n) is 11.0. The van der Waals surface area contributed by atoms with Gasteiger partial charge < -0.3 is 156 Å². The number of aryl methyl sites for hydroxylation is 1. The number of amides is 5. The minimum absolute atomic E-state index is 0.00547. The average molecular weight is 2040 g/mol. The van der Waals surface area contributed by atoms with Gasteiger partial charge in [0.2, 0.25) is 36.7 Å². The minimum atomic E-state index is -5.06. The molecule has 0 spiro atoms. The molecule has 3 fully saturated rings. The molecule has 0 radical (unpaired) electrons. The van der Waals surface area contributed by atoms with Crippen LogP contribution in [0.4, 0.5) is 0 Å². The summed E-state index contributed by atoms with van der Waals surface area (Å²) in [6, 6.07) is 0. The molecule has 1 aromatic rings. The predicted molar refractivity (Wildman–Crippen MR) is 461 cm³/mol. The fourth-order valence-corrected chi connectivity index (χ4v) is 15.0. The summed E-state index contributed by atoms with van der Waals surface area (Å²) in [6.07, 6.45) is -8.83. The SMILES string of the molecule is CC(C=O)CC(=O)CC1C(O)CC(C)(O)OC1C(O)C(O)CO.CC(C=O)CNC(=O)C(S(C)(=O)=O)S(=O)(=O)O.CC(C=O)CNC(=O)C1(O)CC(O)C(C)C(C(O)C(O)CO)O1.CC(C=O)CNC(=O)CCOS(=O)(=O)O.CC(C=O)CNC(=O)CP(C)(=O)O.CC(C=O)CNC(=O)CS(=O)(=O)O.CC1C(O)CC(O)(C=O)OC1C(O)C(O)CO.CCCn1cc(CC(C)C=O)nn1. The number of nitrogens with zero attached hydrogens (tertiary/aromatic N) is 3. The first-order valence-electron chi connectivity index (χ1n) is 41.0. The Hall–Kier alpha value is -7.37. The van der Waals surface area contributed by atoms with Crippen LogP contribution in [-0.2, 0) is 144 Å². The van der Waals surface area contributed by atoms with Gasteiger partial charge in [-0.2, -0.15) is 25.3 Å². The van der Waals surface area contributed by atoms with Crippen LogP contribution in [0.5, 0.6) is 0 Å². The molecule has 27 atom stereocenters. The van der Waals surface area contributed by atoms with Crippen molar-refractivity contribution in [3.05, 3.63) is 11.9 Å². The van der Waals surface area contributed by atoms with E-state index < -0.39 is 253 Å². The van der Waals surface area contributed by atoms with E-state index in [2.05, 4.69) is 42.7 Å². The van der Waals surface area contributed by atoms with Crippen molar-refractivity contribution >= 4 is 133 Å². The number of ether oxygens (including phenoxy) is 3. The third-order valence-corrected chi connectivity index (χ3v) is 24.0. The van der Waals surface area contributed by atoms with Gasteiger partial charge in [0.25, 0.3) is 36.6 Å². The summed E-state index contributed by atoms with van der Waals surface area (Å²) in [7, 11) is -21.4. The van der Waals surface area contributed by atoms with Crippen LogP contribution in [0.15, 0.2) is 6.20 Å². The Kier molecular flexibility index (Phi) is 64.2. The zero-order valence-electron chi connectivity index (χ0n) is 76.1. The molecular weight excluding hydrogens is 1910 g/mol. The molecule has 1 aromatic heterocycles.